The molecule has 3 heterocycles. The Balaban J connectivity index is 1.64. The van der Waals surface area contributed by atoms with E-state index in [2.05, 4.69) is 33.3 Å². The van der Waals surface area contributed by atoms with E-state index in [1.807, 2.05) is 36.0 Å². The van der Waals surface area contributed by atoms with E-state index in [1.54, 1.807) is 36.3 Å². The van der Waals surface area contributed by atoms with Crippen LogP contribution in [0.15, 0.2) is 53.1 Å². The van der Waals surface area contributed by atoms with Gasteiger partial charge in [-0.05, 0) is 62.6 Å². The van der Waals surface area contributed by atoms with Crippen molar-refractivity contribution in [3.63, 3.8) is 0 Å². The maximum absolute atomic E-state index is 14.3. The number of nitrogens with zero attached hydrogens (tertiary/aromatic N) is 4. The van der Waals surface area contributed by atoms with Crippen LogP contribution in [-0.2, 0) is 30.8 Å². The van der Waals surface area contributed by atoms with Gasteiger partial charge in [0.05, 0.1) is 37.5 Å². The summed E-state index contributed by atoms with van der Waals surface area (Å²) in [7, 11) is 1.61. The first kappa shape index (κ1) is 30.5. The van der Waals surface area contributed by atoms with Crippen LogP contribution in [0.5, 0.6) is 5.75 Å². The largest absolute Gasteiger partial charge is 0.496 e. The number of rotatable bonds is 11. The number of aromatic nitrogens is 3. The highest BCUT2D eigenvalue weighted by Gasteiger charge is 2.26. The number of anilines is 1. The van der Waals surface area contributed by atoms with Gasteiger partial charge in [-0.3, -0.25) is 9.59 Å². The first-order valence-corrected chi connectivity index (χ1v) is 15.3. The van der Waals surface area contributed by atoms with Gasteiger partial charge in [0.1, 0.15) is 5.75 Å². The van der Waals surface area contributed by atoms with Crippen molar-refractivity contribution >= 4 is 44.5 Å². The molecule has 10 nitrogen and oxygen atoms in total. The molecule has 2 aromatic carbocycles. The highest BCUT2D eigenvalue weighted by Crippen LogP contribution is 2.34. The van der Waals surface area contributed by atoms with Crippen molar-refractivity contribution in [1.29, 1.82) is 0 Å². The number of carbonyl (C=O) groups excluding carboxylic acids is 2. The number of methoxy groups -OCH3 is 1. The minimum atomic E-state index is -0.589. The van der Waals surface area contributed by atoms with Crippen molar-refractivity contribution in [1.82, 2.24) is 19.7 Å². The van der Waals surface area contributed by atoms with Crippen LogP contribution in [0.3, 0.4) is 0 Å². The highest BCUT2D eigenvalue weighted by atomic mass is 79.9. The number of pyridine rings is 1. The number of nitrogens with two attached hydrogens (primary N) is 1. The third-order valence-corrected chi connectivity index (χ3v) is 8.30. The summed E-state index contributed by atoms with van der Waals surface area (Å²) in [5.41, 5.74) is 10.6. The molecule has 1 aliphatic rings. The average molecular weight is 650 g/mol. The predicted octanol–water partition coefficient (Wildman–Crippen LogP) is 5.32. The molecule has 0 aliphatic carbocycles. The summed E-state index contributed by atoms with van der Waals surface area (Å²) >= 11 is 3.57. The standard InChI is InChI=1S/C32H37BrN6O4/c1-4-27-26(29(36-24-11-13-43-14-12-24)25-17-35-39(5-2)31(25)37-27)19-38(18-22-16-23(33)9-10-28(22)42-3)32(41)21-8-6-7-20(15-21)30(34)40/h6-10,15-17,24H,4-5,11-14,18-19H2,1-3H3,(H2,34,40)(H,36,37). The fourth-order valence-electron chi connectivity index (χ4n) is 5.54. The van der Waals surface area contributed by atoms with Crippen molar-refractivity contribution in [2.75, 3.05) is 25.6 Å². The summed E-state index contributed by atoms with van der Waals surface area (Å²) < 4.78 is 14.1. The fourth-order valence-corrected chi connectivity index (χ4v) is 5.94. The van der Waals surface area contributed by atoms with E-state index in [1.165, 1.54) is 0 Å². The smallest absolute Gasteiger partial charge is 0.254 e. The quantitative estimate of drug-likeness (QED) is 0.226. The Morgan fingerprint density at radius 2 is 1.91 bits per heavy atom. The molecule has 0 radical (unpaired) electrons. The second kappa shape index (κ2) is 13.6. The molecule has 0 unspecified atom stereocenters. The first-order valence-electron chi connectivity index (χ1n) is 14.6. The van der Waals surface area contributed by atoms with E-state index < -0.39 is 5.91 Å². The van der Waals surface area contributed by atoms with Crippen LogP contribution in [0.4, 0.5) is 5.69 Å². The number of aryl methyl sites for hydroxylation is 2. The van der Waals surface area contributed by atoms with Gasteiger partial charge in [0.2, 0.25) is 5.91 Å². The average Bonchev–Trinajstić information content (AvgIpc) is 3.44. The molecule has 5 rings (SSSR count). The molecule has 1 saturated heterocycles. The van der Waals surface area contributed by atoms with E-state index in [4.69, 9.17) is 20.2 Å². The second-order valence-corrected chi connectivity index (χ2v) is 11.5. The lowest BCUT2D eigenvalue weighted by atomic mass is 10.0. The van der Waals surface area contributed by atoms with Crippen molar-refractivity contribution < 1.29 is 19.1 Å². The summed E-state index contributed by atoms with van der Waals surface area (Å²) in [5, 5.41) is 9.34. The number of primary amides is 1. The molecular weight excluding hydrogens is 612 g/mol. The number of hydrogen-bond acceptors (Lipinski definition) is 7. The number of nitrogens with one attached hydrogen (secondary N) is 1. The number of hydrogen-bond donors (Lipinski definition) is 2. The fraction of sp³-hybridized carbons (Fsp3) is 0.375. The molecule has 3 N–H and O–H groups in total. The summed E-state index contributed by atoms with van der Waals surface area (Å²) in [5.74, 6) is -0.164. The van der Waals surface area contributed by atoms with Crippen LogP contribution in [-0.4, -0.2) is 57.8 Å². The third-order valence-electron chi connectivity index (χ3n) is 7.81. The van der Waals surface area contributed by atoms with Gasteiger partial charge in [-0.1, -0.05) is 28.9 Å². The summed E-state index contributed by atoms with van der Waals surface area (Å²) in [6, 6.07) is 12.5. The van der Waals surface area contributed by atoms with Crippen LogP contribution in [0.1, 0.15) is 64.2 Å². The number of ether oxygens (including phenoxy) is 2. The van der Waals surface area contributed by atoms with Gasteiger partial charge in [-0.15, -0.1) is 0 Å². The Bertz CT molecular complexity index is 1630. The van der Waals surface area contributed by atoms with E-state index in [-0.39, 0.29) is 30.6 Å². The molecule has 1 aliphatic heterocycles. The topological polar surface area (TPSA) is 125 Å². The molecule has 1 fully saturated rings. The molecule has 0 bridgehead atoms. The van der Waals surface area contributed by atoms with Crippen LogP contribution in [0.25, 0.3) is 11.0 Å². The van der Waals surface area contributed by atoms with Gasteiger partial charge in [-0.2, -0.15) is 5.10 Å². The van der Waals surface area contributed by atoms with Crippen LogP contribution in [0.2, 0.25) is 0 Å². The van der Waals surface area contributed by atoms with Gasteiger partial charge in [-0.25, -0.2) is 9.67 Å². The third kappa shape index (κ3) is 6.67. The van der Waals surface area contributed by atoms with Crippen molar-refractivity contribution in [2.24, 2.45) is 5.73 Å². The number of fused-ring (bicyclic) bond motifs is 1. The number of carbonyl (C=O) groups is 2. The summed E-state index contributed by atoms with van der Waals surface area (Å²) in [6.45, 7) is 6.73. The van der Waals surface area contributed by atoms with E-state index in [0.29, 0.717) is 37.5 Å². The summed E-state index contributed by atoms with van der Waals surface area (Å²) in [4.78, 5) is 33.1. The van der Waals surface area contributed by atoms with Crippen molar-refractivity contribution in [2.45, 2.75) is 58.8 Å². The molecule has 0 spiro atoms. The molecule has 4 aromatic rings. The minimum absolute atomic E-state index is 0.217. The Morgan fingerprint density at radius 3 is 2.60 bits per heavy atom. The molecule has 0 atom stereocenters. The SMILES string of the molecule is CCc1nc2c(cnn2CC)c(NC2CCOCC2)c1CN(Cc1cc(Br)ccc1OC)C(=O)c1cccc(C(N)=O)c1. The first-order chi connectivity index (χ1) is 20.8. The lowest BCUT2D eigenvalue weighted by Gasteiger charge is -2.29. The molecule has 2 amide bonds. The normalized spacial score (nSPS) is 13.7. The molecule has 226 valence electrons. The van der Waals surface area contributed by atoms with Crippen LogP contribution in [0, 0.1) is 0 Å². The molecule has 0 saturated carbocycles. The predicted molar refractivity (Wildman–Crippen MR) is 169 cm³/mol. The van der Waals surface area contributed by atoms with Gasteiger partial charge in [0.25, 0.3) is 5.91 Å². The lowest BCUT2D eigenvalue weighted by Crippen LogP contribution is -2.33. The van der Waals surface area contributed by atoms with E-state index >= 15 is 0 Å². The summed E-state index contributed by atoms with van der Waals surface area (Å²) in [6.07, 6.45) is 4.28. The zero-order valence-electron chi connectivity index (χ0n) is 24.7. The Labute approximate surface area is 259 Å². The highest BCUT2D eigenvalue weighted by molar-refractivity contribution is 9.10. The maximum atomic E-state index is 14.3. The van der Waals surface area contributed by atoms with Gasteiger partial charge in [0, 0.05) is 58.2 Å². The molecule has 2 aromatic heterocycles. The maximum Gasteiger partial charge on any atom is 0.254 e. The van der Waals surface area contributed by atoms with Crippen molar-refractivity contribution in [3.8, 4) is 5.75 Å². The van der Waals surface area contributed by atoms with Gasteiger partial charge >= 0.3 is 0 Å². The van der Waals surface area contributed by atoms with E-state index in [0.717, 1.165) is 50.9 Å². The molecule has 43 heavy (non-hydrogen) atoms. The van der Waals surface area contributed by atoms with E-state index in [9.17, 15) is 9.59 Å². The van der Waals surface area contributed by atoms with Gasteiger partial charge < -0.3 is 25.4 Å². The van der Waals surface area contributed by atoms with Crippen molar-refractivity contribution in [3.05, 3.63) is 81.1 Å². The van der Waals surface area contributed by atoms with Crippen LogP contribution >= 0.6 is 15.9 Å². The zero-order chi connectivity index (χ0) is 30.5. The minimum Gasteiger partial charge on any atom is -0.496 e. The van der Waals surface area contributed by atoms with Gasteiger partial charge in [0.15, 0.2) is 5.65 Å². The number of halogens is 1. The zero-order valence-corrected chi connectivity index (χ0v) is 26.3. The Kier molecular flexibility index (Phi) is 9.62. The monoisotopic (exact) mass is 648 g/mol. The number of benzene rings is 2. The number of amides is 2. The molecule has 11 heteroatoms. The Morgan fingerprint density at radius 1 is 1.14 bits per heavy atom. The van der Waals surface area contributed by atoms with Crippen LogP contribution < -0.4 is 15.8 Å². The molecular formula is C32H37BrN6O4. The Hall–Kier alpha value is -3.96. The lowest BCUT2D eigenvalue weighted by molar-refractivity contribution is 0.0728. The second-order valence-electron chi connectivity index (χ2n) is 10.6.